The van der Waals surface area contributed by atoms with E-state index in [0.717, 1.165) is 45.1 Å². The maximum Gasteiger partial charge on any atom is 0.147 e. The second-order valence-corrected chi connectivity index (χ2v) is 8.34. The number of hydrogen-bond acceptors (Lipinski definition) is 5. The highest BCUT2D eigenvalue weighted by molar-refractivity contribution is 5.56. The lowest BCUT2D eigenvalue weighted by molar-refractivity contribution is 0.199. The number of aromatic nitrogens is 3. The van der Waals surface area contributed by atoms with Crippen LogP contribution >= 0.6 is 0 Å². The molecule has 0 atom stereocenters. The minimum absolute atomic E-state index is 0.567. The van der Waals surface area contributed by atoms with Crippen molar-refractivity contribution < 1.29 is 0 Å². The van der Waals surface area contributed by atoms with E-state index >= 15 is 0 Å². The van der Waals surface area contributed by atoms with E-state index in [1.165, 1.54) is 54.9 Å². The summed E-state index contributed by atoms with van der Waals surface area (Å²) < 4.78 is 2.36. The molecule has 4 heterocycles. The molecule has 6 nitrogen and oxygen atoms in total. The number of likely N-dealkylation sites (tertiary alicyclic amines) is 1. The van der Waals surface area contributed by atoms with Gasteiger partial charge in [0.05, 0.1) is 6.54 Å². The van der Waals surface area contributed by atoms with Crippen molar-refractivity contribution in [2.75, 3.05) is 38.1 Å². The predicted octanol–water partition coefficient (Wildman–Crippen LogP) is 2.14. The van der Waals surface area contributed by atoms with Gasteiger partial charge < -0.3 is 14.8 Å². The lowest BCUT2D eigenvalue weighted by Gasteiger charge is -2.33. The molecule has 1 aromatic carbocycles. The molecule has 2 aromatic rings. The first kappa shape index (κ1) is 17.2. The number of aryl methyl sites for hydroxylation is 1. The Morgan fingerprint density at radius 2 is 2.00 bits per heavy atom. The third-order valence-electron chi connectivity index (χ3n) is 6.51. The van der Waals surface area contributed by atoms with E-state index in [1.807, 2.05) is 0 Å². The van der Waals surface area contributed by atoms with Crippen LogP contribution in [0.2, 0.25) is 0 Å². The maximum atomic E-state index is 4.54. The molecular weight excluding hydrogens is 336 g/mol. The second-order valence-electron chi connectivity index (χ2n) is 8.34. The molecule has 5 rings (SSSR count). The van der Waals surface area contributed by atoms with Crippen LogP contribution in [-0.2, 0) is 26.1 Å². The Morgan fingerprint density at radius 1 is 1.11 bits per heavy atom. The van der Waals surface area contributed by atoms with Gasteiger partial charge >= 0.3 is 0 Å². The van der Waals surface area contributed by atoms with E-state index in [4.69, 9.17) is 0 Å². The molecule has 27 heavy (non-hydrogen) atoms. The number of rotatable bonds is 3. The van der Waals surface area contributed by atoms with Crippen molar-refractivity contribution in [1.82, 2.24) is 25.0 Å². The number of piperidine rings is 1. The zero-order valence-corrected chi connectivity index (χ0v) is 16.3. The molecule has 1 fully saturated rings. The van der Waals surface area contributed by atoms with Gasteiger partial charge in [-0.2, -0.15) is 0 Å². The van der Waals surface area contributed by atoms with E-state index in [-0.39, 0.29) is 0 Å². The SMILES string of the molecule is CN1CCCc2cc(CN3CCC(c4nnc5n4CCNC5)CC3)ccc21. The summed E-state index contributed by atoms with van der Waals surface area (Å²) in [4.78, 5) is 5.00. The van der Waals surface area contributed by atoms with Crippen LogP contribution in [0.5, 0.6) is 0 Å². The Kier molecular flexibility index (Phi) is 4.61. The molecule has 144 valence electrons. The third-order valence-corrected chi connectivity index (χ3v) is 6.51. The summed E-state index contributed by atoms with van der Waals surface area (Å²) in [5.74, 6) is 2.90. The first-order valence-corrected chi connectivity index (χ1v) is 10.5. The molecule has 1 saturated heterocycles. The Hall–Kier alpha value is -1.92. The molecule has 0 saturated carbocycles. The lowest BCUT2D eigenvalue weighted by atomic mass is 9.94. The molecule has 0 aliphatic carbocycles. The zero-order valence-electron chi connectivity index (χ0n) is 16.3. The van der Waals surface area contributed by atoms with Gasteiger partial charge in [0.15, 0.2) is 0 Å². The van der Waals surface area contributed by atoms with E-state index in [1.54, 1.807) is 0 Å². The van der Waals surface area contributed by atoms with Crippen molar-refractivity contribution in [3.05, 3.63) is 41.0 Å². The number of benzene rings is 1. The molecule has 0 bridgehead atoms. The fraction of sp³-hybridized carbons (Fsp3) is 0.619. The van der Waals surface area contributed by atoms with Gasteiger partial charge in [-0.15, -0.1) is 10.2 Å². The van der Waals surface area contributed by atoms with E-state index in [2.05, 4.69) is 55.1 Å². The van der Waals surface area contributed by atoms with Crippen molar-refractivity contribution in [2.45, 2.75) is 51.2 Å². The lowest BCUT2D eigenvalue weighted by Crippen LogP contribution is -2.34. The predicted molar refractivity (Wildman–Crippen MR) is 107 cm³/mol. The molecule has 0 spiro atoms. The number of fused-ring (bicyclic) bond motifs is 2. The Bertz CT molecular complexity index is 805. The van der Waals surface area contributed by atoms with Crippen LogP contribution in [0, 0.1) is 0 Å². The normalized spacial score (nSPS) is 21.1. The van der Waals surface area contributed by atoms with Gasteiger partial charge in [0, 0.05) is 44.8 Å². The van der Waals surface area contributed by atoms with E-state index < -0.39 is 0 Å². The minimum Gasteiger partial charge on any atom is -0.374 e. The fourth-order valence-electron chi connectivity index (χ4n) is 4.96. The highest BCUT2D eigenvalue weighted by Gasteiger charge is 2.27. The van der Waals surface area contributed by atoms with Crippen LogP contribution in [0.1, 0.15) is 48.0 Å². The van der Waals surface area contributed by atoms with Gasteiger partial charge in [-0.05, 0) is 56.0 Å². The number of nitrogens with zero attached hydrogens (tertiary/aromatic N) is 5. The topological polar surface area (TPSA) is 49.2 Å². The largest absolute Gasteiger partial charge is 0.374 e. The van der Waals surface area contributed by atoms with Crippen LogP contribution in [0.15, 0.2) is 18.2 Å². The molecule has 1 aromatic heterocycles. The Labute approximate surface area is 161 Å². The summed E-state index contributed by atoms with van der Waals surface area (Å²) >= 11 is 0. The molecule has 0 amide bonds. The highest BCUT2D eigenvalue weighted by Crippen LogP contribution is 2.30. The molecule has 1 N–H and O–H groups in total. The summed E-state index contributed by atoms with van der Waals surface area (Å²) in [6.45, 7) is 7.48. The van der Waals surface area contributed by atoms with E-state index in [9.17, 15) is 0 Å². The number of hydrogen-bond donors (Lipinski definition) is 1. The van der Waals surface area contributed by atoms with Gasteiger partial charge in [0.2, 0.25) is 0 Å². The summed E-state index contributed by atoms with van der Waals surface area (Å²) in [6, 6.07) is 7.10. The average molecular weight is 367 g/mol. The van der Waals surface area contributed by atoms with Crippen LogP contribution < -0.4 is 10.2 Å². The summed E-state index contributed by atoms with van der Waals surface area (Å²) in [6.07, 6.45) is 4.89. The molecule has 3 aliphatic heterocycles. The van der Waals surface area contributed by atoms with Gasteiger partial charge in [0.25, 0.3) is 0 Å². The fourth-order valence-corrected chi connectivity index (χ4v) is 4.96. The second kappa shape index (κ2) is 7.24. The summed E-state index contributed by atoms with van der Waals surface area (Å²) in [5, 5.41) is 12.3. The summed E-state index contributed by atoms with van der Waals surface area (Å²) in [5.41, 5.74) is 4.42. The monoisotopic (exact) mass is 366 g/mol. The molecule has 0 radical (unpaired) electrons. The highest BCUT2D eigenvalue weighted by atomic mass is 15.3. The smallest absolute Gasteiger partial charge is 0.147 e. The Morgan fingerprint density at radius 3 is 2.89 bits per heavy atom. The van der Waals surface area contributed by atoms with Crippen LogP contribution in [0.3, 0.4) is 0 Å². The number of nitrogens with one attached hydrogen (secondary N) is 1. The van der Waals surface area contributed by atoms with Crippen molar-refractivity contribution in [1.29, 1.82) is 0 Å². The molecule has 3 aliphatic rings. The van der Waals surface area contributed by atoms with Gasteiger partial charge in [-0.3, -0.25) is 4.90 Å². The van der Waals surface area contributed by atoms with Crippen LogP contribution in [0.4, 0.5) is 5.69 Å². The van der Waals surface area contributed by atoms with Gasteiger partial charge in [0.1, 0.15) is 11.6 Å². The number of anilines is 1. The quantitative estimate of drug-likeness (QED) is 0.902. The molecule has 6 heteroatoms. The Balaban J connectivity index is 1.22. The minimum atomic E-state index is 0.567. The first-order chi connectivity index (χ1) is 13.3. The average Bonchev–Trinajstić information content (AvgIpc) is 3.13. The van der Waals surface area contributed by atoms with Crippen molar-refractivity contribution in [3.63, 3.8) is 0 Å². The van der Waals surface area contributed by atoms with E-state index in [0.29, 0.717) is 5.92 Å². The van der Waals surface area contributed by atoms with Gasteiger partial charge in [-0.25, -0.2) is 0 Å². The summed E-state index contributed by atoms with van der Waals surface area (Å²) in [7, 11) is 2.21. The van der Waals surface area contributed by atoms with Crippen molar-refractivity contribution in [2.24, 2.45) is 0 Å². The van der Waals surface area contributed by atoms with Crippen LogP contribution in [0.25, 0.3) is 0 Å². The molecular formula is C21H30N6. The third kappa shape index (κ3) is 3.36. The first-order valence-electron chi connectivity index (χ1n) is 10.5. The van der Waals surface area contributed by atoms with Crippen molar-refractivity contribution >= 4 is 5.69 Å². The zero-order chi connectivity index (χ0) is 18.2. The van der Waals surface area contributed by atoms with Crippen molar-refractivity contribution in [3.8, 4) is 0 Å². The van der Waals surface area contributed by atoms with Crippen LogP contribution in [-0.4, -0.2) is 52.9 Å². The standard InChI is InChI=1S/C21H30N6/c1-25-9-2-3-18-13-16(4-5-19(18)25)15-26-10-6-17(7-11-26)21-24-23-20-14-22-8-12-27(20)21/h4-5,13,17,22H,2-3,6-12,14-15H2,1H3. The van der Waals surface area contributed by atoms with Gasteiger partial charge in [-0.1, -0.05) is 12.1 Å². The maximum absolute atomic E-state index is 4.54. The molecule has 0 unspecified atom stereocenters.